The molecule has 0 spiro atoms. The average Bonchev–Trinajstić information content (AvgIpc) is 3.96. The van der Waals surface area contributed by atoms with Crippen molar-refractivity contribution in [3.05, 3.63) is 133 Å². The third-order valence-corrected chi connectivity index (χ3v) is 15.1. The maximum absolute atomic E-state index is 7.43. The van der Waals surface area contributed by atoms with Gasteiger partial charge in [-0.1, -0.05) is 97.1 Å². The zero-order valence-electron chi connectivity index (χ0n) is 28.0. The minimum Gasteiger partial charge on any atom is -0.440 e. The normalized spacial score (nSPS) is 23.5. The van der Waals surface area contributed by atoms with E-state index in [1.54, 1.807) is 0 Å². The lowest BCUT2D eigenvalue weighted by atomic mass is 9.92. The van der Waals surface area contributed by atoms with Crippen molar-refractivity contribution in [2.24, 2.45) is 0 Å². The van der Waals surface area contributed by atoms with Crippen LogP contribution in [0.4, 0.5) is 11.4 Å². The van der Waals surface area contributed by atoms with E-state index in [2.05, 4.69) is 152 Å². The van der Waals surface area contributed by atoms with Crippen LogP contribution >= 0.6 is 16.9 Å². The van der Waals surface area contributed by atoms with Crippen LogP contribution in [-0.2, 0) is 0 Å². The minimum absolute atomic E-state index is 0.518. The lowest BCUT2D eigenvalue weighted by Crippen LogP contribution is -2.20. The van der Waals surface area contributed by atoms with Crippen LogP contribution in [0.5, 0.6) is 11.5 Å². The van der Waals surface area contributed by atoms with Gasteiger partial charge in [0.15, 0.2) is 0 Å². The number of anilines is 2. The molecule has 50 heavy (non-hydrogen) atoms. The molecule has 0 radical (unpaired) electrons. The van der Waals surface area contributed by atoms with Crippen molar-refractivity contribution in [2.75, 3.05) is 35.5 Å². The molecule has 6 aromatic rings. The Morgan fingerprint density at radius 3 is 1.34 bits per heavy atom. The fourth-order valence-electron chi connectivity index (χ4n) is 8.44. The molecule has 6 aromatic carbocycles. The number of para-hydroxylation sites is 2. The molecule has 4 atom stereocenters. The van der Waals surface area contributed by atoms with Gasteiger partial charge >= 0.3 is 0 Å². The Morgan fingerprint density at radius 1 is 0.460 bits per heavy atom. The quantitative estimate of drug-likeness (QED) is 0.155. The van der Waals surface area contributed by atoms with Gasteiger partial charge in [0, 0.05) is 60.8 Å². The van der Waals surface area contributed by atoms with Gasteiger partial charge in [-0.05, 0) is 83.6 Å². The monoisotopic (exact) mass is 694 g/mol. The van der Waals surface area contributed by atoms with Crippen molar-refractivity contribution in [3.63, 3.8) is 0 Å². The van der Waals surface area contributed by atoms with E-state index in [1.807, 2.05) is 0 Å². The number of nitrogens with zero attached hydrogens (tertiary/aromatic N) is 4. The van der Waals surface area contributed by atoms with Crippen molar-refractivity contribution in [1.82, 2.24) is 9.34 Å². The summed E-state index contributed by atoms with van der Waals surface area (Å²) in [6, 6.07) is 49.1. The molecule has 4 saturated heterocycles. The van der Waals surface area contributed by atoms with E-state index in [-0.39, 0.29) is 0 Å². The molecule has 0 bridgehead atoms. The van der Waals surface area contributed by atoms with Crippen LogP contribution in [0.1, 0.15) is 25.7 Å². The predicted octanol–water partition coefficient (Wildman–Crippen LogP) is 10.8. The van der Waals surface area contributed by atoms with Gasteiger partial charge in [-0.25, -0.2) is 9.34 Å². The van der Waals surface area contributed by atoms with E-state index in [9.17, 15) is 0 Å². The van der Waals surface area contributed by atoms with Gasteiger partial charge in [-0.15, -0.1) is 0 Å². The molecular weight excluding hydrogens is 654 g/mol. The predicted molar refractivity (Wildman–Crippen MR) is 209 cm³/mol. The summed E-state index contributed by atoms with van der Waals surface area (Å²) in [5.41, 5.74) is 4.70. The standard InChI is InChI=1S/C42H40N4O2P2/c1-3-15-33(16-4-1)45-29-35-19-11-27-43(35)49(45)47-39-25-23-31-13-7-9-21-37(31)41(39)42-38-22-10-8-14-32(38)24-26-40(42)48-50-44-28-12-20-36(44)30-46(50)34-17-5-2-6-18-34/h1-10,13-18,21-26,35-36H,11-12,19-20,27-30H2/t35-,36-,49?,50?/m0/s1. The summed E-state index contributed by atoms with van der Waals surface area (Å²) in [6.45, 7) is 4.14. The van der Waals surface area contributed by atoms with Crippen molar-refractivity contribution >= 4 is 49.8 Å². The molecule has 250 valence electrons. The first-order valence-corrected chi connectivity index (χ1v) is 20.3. The van der Waals surface area contributed by atoms with Gasteiger partial charge in [0.1, 0.15) is 11.5 Å². The number of benzene rings is 6. The molecule has 0 N–H and O–H groups in total. The van der Waals surface area contributed by atoms with Crippen LogP contribution in [0, 0.1) is 0 Å². The highest BCUT2D eigenvalue weighted by atomic mass is 31.2. The number of hydrogen-bond donors (Lipinski definition) is 0. The second-order valence-corrected chi connectivity index (χ2v) is 17.1. The van der Waals surface area contributed by atoms with Crippen molar-refractivity contribution in [3.8, 4) is 22.6 Å². The lowest BCUT2D eigenvalue weighted by molar-refractivity contribution is 0.431. The van der Waals surface area contributed by atoms with Crippen LogP contribution in [0.2, 0.25) is 0 Å². The molecule has 0 aliphatic carbocycles. The molecule has 0 saturated carbocycles. The smallest absolute Gasteiger partial charge is 0.279 e. The maximum Gasteiger partial charge on any atom is 0.279 e. The molecule has 2 unspecified atom stereocenters. The summed E-state index contributed by atoms with van der Waals surface area (Å²) in [6.07, 6.45) is 4.88. The topological polar surface area (TPSA) is 31.4 Å². The maximum atomic E-state index is 7.43. The zero-order valence-corrected chi connectivity index (χ0v) is 29.8. The van der Waals surface area contributed by atoms with Gasteiger partial charge < -0.3 is 18.4 Å². The van der Waals surface area contributed by atoms with E-state index >= 15 is 0 Å². The molecule has 10 rings (SSSR count). The molecule has 4 heterocycles. The fourth-order valence-corrected chi connectivity index (χ4v) is 12.9. The first kappa shape index (κ1) is 30.6. The first-order valence-electron chi connectivity index (χ1n) is 18.0. The molecule has 4 fully saturated rings. The van der Waals surface area contributed by atoms with E-state index < -0.39 is 16.9 Å². The third-order valence-electron chi connectivity index (χ3n) is 10.8. The molecule has 4 aliphatic rings. The van der Waals surface area contributed by atoms with Gasteiger partial charge in [0.05, 0.1) is 0 Å². The molecule has 8 heteroatoms. The Labute approximate surface area is 296 Å². The summed E-state index contributed by atoms with van der Waals surface area (Å²) in [4.78, 5) is 0. The van der Waals surface area contributed by atoms with E-state index in [1.165, 1.54) is 58.6 Å². The van der Waals surface area contributed by atoms with Gasteiger partial charge in [-0.3, -0.25) is 0 Å². The highest BCUT2D eigenvalue weighted by Crippen LogP contribution is 2.61. The largest absolute Gasteiger partial charge is 0.440 e. The van der Waals surface area contributed by atoms with Crippen LogP contribution in [0.25, 0.3) is 32.7 Å². The van der Waals surface area contributed by atoms with Crippen LogP contribution in [0.15, 0.2) is 133 Å². The fraction of sp³-hybridized carbons (Fsp3) is 0.238. The molecule has 0 aromatic heterocycles. The summed E-state index contributed by atoms with van der Waals surface area (Å²) in [5, 5.41) is 4.76. The summed E-state index contributed by atoms with van der Waals surface area (Å²) in [7, 11) is -2.12. The summed E-state index contributed by atoms with van der Waals surface area (Å²) >= 11 is 0. The van der Waals surface area contributed by atoms with E-state index in [4.69, 9.17) is 9.05 Å². The van der Waals surface area contributed by atoms with Gasteiger partial charge in [0.25, 0.3) is 16.9 Å². The van der Waals surface area contributed by atoms with Crippen molar-refractivity contribution in [1.29, 1.82) is 0 Å². The Hall–Kier alpha value is -4.18. The Balaban J connectivity index is 1.14. The van der Waals surface area contributed by atoms with Crippen molar-refractivity contribution in [2.45, 2.75) is 37.8 Å². The van der Waals surface area contributed by atoms with Crippen molar-refractivity contribution < 1.29 is 9.05 Å². The summed E-state index contributed by atoms with van der Waals surface area (Å²) < 4.78 is 25.2. The van der Waals surface area contributed by atoms with E-state index in [0.29, 0.717) is 12.1 Å². The van der Waals surface area contributed by atoms with Gasteiger partial charge in [0.2, 0.25) is 0 Å². The Bertz CT molecular complexity index is 2010. The van der Waals surface area contributed by atoms with Crippen LogP contribution in [0.3, 0.4) is 0 Å². The number of rotatable bonds is 7. The van der Waals surface area contributed by atoms with Crippen LogP contribution in [-0.4, -0.2) is 47.6 Å². The number of fused-ring (bicyclic) bond motifs is 4. The minimum atomic E-state index is -1.06. The second-order valence-electron chi connectivity index (χ2n) is 13.8. The Kier molecular flexibility index (Phi) is 7.87. The highest BCUT2D eigenvalue weighted by Gasteiger charge is 2.47. The molecule has 0 amide bonds. The molecular formula is C42H40N4O2P2. The summed E-state index contributed by atoms with van der Waals surface area (Å²) in [5.74, 6) is 1.84. The Morgan fingerprint density at radius 2 is 0.880 bits per heavy atom. The highest BCUT2D eigenvalue weighted by molar-refractivity contribution is 7.53. The average molecular weight is 695 g/mol. The lowest BCUT2D eigenvalue weighted by Gasteiger charge is -2.31. The molecule has 4 aliphatic heterocycles. The number of hydrogen-bond acceptors (Lipinski definition) is 6. The van der Waals surface area contributed by atoms with Gasteiger partial charge in [-0.2, -0.15) is 0 Å². The zero-order chi connectivity index (χ0) is 33.0. The second kappa shape index (κ2) is 12.9. The third kappa shape index (κ3) is 5.24. The first-order chi connectivity index (χ1) is 24.8. The van der Waals surface area contributed by atoms with E-state index in [0.717, 1.165) is 48.8 Å². The van der Waals surface area contributed by atoms with Crippen LogP contribution < -0.4 is 18.4 Å². The molecule has 6 nitrogen and oxygen atoms in total. The SMILES string of the molecule is c1ccc(N2C[C@@H]3CCCN3P2Oc2ccc3ccccc3c2-c2c(OP3N(c4ccccc4)C[C@@H]4CCCN43)ccc3ccccc23)cc1.